The Morgan fingerprint density at radius 3 is 2.29 bits per heavy atom. The van der Waals surface area contributed by atoms with Crippen molar-refractivity contribution >= 4 is 17.2 Å². The molecule has 2 aromatic rings. The van der Waals surface area contributed by atoms with Gasteiger partial charge in [0.2, 0.25) is 0 Å². The number of aryl methyl sites for hydroxylation is 1. The van der Waals surface area contributed by atoms with Crippen molar-refractivity contribution in [3.63, 3.8) is 0 Å². The Kier molecular flexibility index (Phi) is 6.93. The smallest absolute Gasteiger partial charge is 0.178 e. The topological polar surface area (TPSA) is 43.1 Å². The summed E-state index contributed by atoms with van der Waals surface area (Å²) in [5, 5.41) is 13.0. The van der Waals surface area contributed by atoms with Gasteiger partial charge in [-0.1, -0.05) is 69.9 Å². The average molecular weight is 309 g/mol. The first-order chi connectivity index (χ1) is 10.3. The molecular weight excluding hydrogens is 284 g/mol. The number of hydrogen-bond donors (Lipinski definition) is 0. The lowest BCUT2D eigenvalue weighted by atomic mass is 10.1. The van der Waals surface area contributed by atoms with Gasteiger partial charge in [0.15, 0.2) is 11.5 Å². The van der Waals surface area contributed by atoms with Crippen molar-refractivity contribution in [2.75, 3.05) is 0 Å². The van der Waals surface area contributed by atoms with Gasteiger partial charge in [-0.15, -0.1) is 10.2 Å². The van der Waals surface area contributed by atoms with Crippen LogP contribution in [0, 0.1) is 0 Å². The van der Waals surface area contributed by atoms with Gasteiger partial charge in [0.25, 0.3) is 0 Å². The van der Waals surface area contributed by atoms with E-state index >= 15 is 0 Å². The minimum atomic E-state index is 0.482. The lowest BCUT2D eigenvalue weighted by molar-refractivity contribution is 0.560. The minimum absolute atomic E-state index is 0.482. The van der Waals surface area contributed by atoms with E-state index in [0.717, 1.165) is 24.3 Å². The standard InChI is InChI=1S/C16H25ClN4/c1-2-3-4-5-6-7-8-9-10-11-15-18-19-16-13-12-14(17)20-21(15)16/h12-13H,2-11H2,1H3. The largest absolute Gasteiger partial charge is 0.196 e. The Bertz CT molecular complexity index is 538. The van der Waals surface area contributed by atoms with E-state index in [1.807, 2.05) is 6.07 Å². The number of nitrogens with zero attached hydrogens (tertiary/aromatic N) is 4. The number of fused-ring (bicyclic) bond motifs is 1. The quantitative estimate of drug-likeness (QED) is 0.589. The molecule has 2 rings (SSSR count). The van der Waals surface area contributed by atoms with E-state index in [1.165, 1.54) is 51.4 Å². The minimum Gasteiger partial charge on any atom is -0.196 e. The van der Waals surface area contributed by atoms with Crippen molar-refractivity contribution in [1.29, 1.82) is 0 Å². The monoisotopic (exact) mass is 308 g/mol. The highest BCUT2D eigenvalue weighted by atomic mass is 35.5. The molecule has 116 valence electrons. The molecule has 0 saturated heterocycles. The predicted octanol–water partition coefficient (Wildman–Crippen LogP) is 4.85. The Morgan fingerprint density at radius 2 is 1.57 bits per heavy atom. The highest BCUT2D eigenvalue weighted by Crippen LogP contribution is 2.12. The van der Waals surface area contributed by atoms with E-state index in [1.54, 1.807) is 10.6 Å². The zero-order valence-corrected chi connectivity index (χ0v) is 13.6. The summed E-state index contributed by atoms with van der Waals surface area (Å²) in [5.41, 5.74) is 0.769. The molecule has 0 spiro atoms. The van der Waals surface area contributed by atoms with Crippen LogP contribution < -0.4 is 0 Å². The summed E-state index contributed by atoms with van der Waals surface area (Å²) in [6.07, 6.45) is 12.9. The first-order valence-electron chi connectivity index (χ1n) is 8.18. The van der Waals surface area contributed by atoms with Crippen molar-refractivity contribution in [2.45, 2.75) is 71.1 Å². The molecule has 2 heterocycles. The second-order valence-electron chi connectivity index (χ2n) is 5.62. The van der Waals surface area contributed by atoms with Crippen LogP contribution in [0.2, 0.25) is 5.15 Å². The Hall–Kier alpha value is -1.16. The van der Waals surface area contributed by atoms with Gasteiger partial charge in [-0.3, -0.25) is 0 Å². The summed E-state index contributed by atoms with van der Waals surface area (Å²) in [7, 11) is 0. The molecule has 0 bridgehead atoms. The van der Waals surface area contributed by atoms with Crippen molar-refractivity contribution in [3.8, 4) is 0 Å². The van der Waals surface area contributed by atoms with Gasteiger partial charge in [0, 0.05) is 6.42 Å². The molecule has 0 aliphatic rings. The van der Waals surface area contributed by atoms with Crippen LogP contribution in [0.1, 0.15) is 70.5 Å². The summed E-state index contributed by atoms with van der Waals surface area (Å²) >= 11 is 5.91. The molecule has 0 aliphatic carbocycles. The highest BCUT2D eigenvalue weighted by Gasteiger charge is 2.06. The van der Waals surface area contributed by atoms with Crippen LogP contribution in [0.15, 0.2) is 12.1 Å². The Labute approximate surface area is 131 Å². The molecule has 0 atom stereocenters. The molecule has 21 heavy (non-hydrogen) atoms. The normalized spacial score (nSPS) is 11.3. The van der Waals surface area contributed by atoms with Crippen molar-refractivity contribution in [1.82, 2.24) is 19.8 Å². The molecule has 0 saturated carbocycles. The Balaban J connectivity index is 1.63. The summed E-state index contributed by atoms with van der Waals surface area (Å²) < 4.78 is 1.76. The second kappa shape index (κ2) is 8.98. The maximum Gasteiger partial charge on any atom is 0.178 e. The first kappa shape index (κ1) is 16.2. The third-order valence-electron chi connectivity index (χ3n) is 3.80. The van der Waals surface area contributed by atoms with Crippen molar-refractivity contribution in [2.24, 2.45) is 0 Å². The molecule has 0 aliphatic heterocycles. The lowest BCUT2D eigenvalue weighted by Crippen LogP contribution is -1.99. The molecule has 5 heteroatoms. The van der Waals surface area contributed by atoms with Gasteiger partial charge in [0.1, 0.15) is 5.15 Å². The van der Waals surface area contributed by atoms with E-state index < -0.39 is 0 Å². The van der Waals surface area contributed by atoms with Crippen LogP contribution in [0.4, 0.5) is 0 Å². The van der Waals surface area contributed by atoms with Crippen LogP contribution in [0.25, 0.3) is 5.65 Å². The lowest BCUT2D eigenvalue weighted by Gasteiger charge is -2.02. The average Bonchev–Trinajstić information content (AvgIpc) is 2.88. The molecule has 0 radical (unpaired) electrons. The summed E-state index contributed by atoms with van der Waals surface area (Å²) in [5.74, 6) is 0.912. The number of rotatable bonds is 10. The molecule has 4 nitrogen and oxygen atoms in total. The van der Waals surface area contributed by atoms with Gasteiger partial charge < -0.3 is 0 Å². The number of hydrogen-bond acceptors (Lipinski definition) is 3. The molecule has 0 unspecified atom stereocenters. The highest BCUT2D eigenvalue weighted by molar-refractivity contribution is 6.29. The van der Waals surface area contributed by atoms with E-state index in [-0.39, 0.29) is 0 Å². The zero-order chi connectivity index (χ0) is 14.9. The number of halogens is 1. The maximum absolute atomic E-state index is 5.91. The van der Waals surface area contributed by atoms with E-state index in [0.29, 0.717) is 5.15 Å². The maximum atomic E-state index is 5.91. The summed E-state index contributed by atoms with van der Waals surface area (Å²) in [4.78, 5) is 0. The first-order valence-corrected chi connectivity index (χ1v) is 8.56. The fourth-order valence-corrected chi connectivity index (χ4v) is 2.70. The van der Waals surface area contributed by atoms with Gasteiger partial charge >= 0.3 is 0 Å². The van der Waals surface area contributed by atoms with E-state index in [2.05, 4.69) is 22.2 Å². The number of aromatic nitrogens is 4. The van der Waals surface area contributed by atoms with Crippen molar-refractivity contribution in [3.05, 3.63) is 23.1 Å². The van der Waals surface area contributed by atoms with Crippen LogP contribution in [0.3, 0.4) is 0 Å². The SMILES string of the molecule is CCCCCCCCCCCc1nnc2ccc(Cl)nn12. The second-order valence-corrected chi connectivity index (χ2v) is 6.01. The zero-order valence-electron chi connectivity index (χ0n) is 12.9. The summed E-state index contributed by atoms with van der Waals surface area (Å²) in [6.45, 7) is 2.26. The van der Waals surface area contributed by atoms with E-state index in [9.17, 15) is 0 Å². The van der Waals surface area contributed by atoms with Gasteiger partial charge in [-0.05, 0) is 18.6 Å². The summed E-state index contributed by atoms with van der Waals surface area (Å²) in [6, 6.07) is 3.59. The Morgan fingerprint density at radius 1 is 0.905 bits per heavy atom. The fourth-order valence-electron chi connectivity index (χ4n) is 2.56. The van der Waals surface area contributed by atoms with Gasteiger partial charge in [0.05, 0.1) is 0 Å². The van der Waals surface area contributed by atoms with Crippen LogP contribution in [-0.4, -0.2) is 19.8 Å². The molecule has 0 fully saturated rings. The van der Waals surface area contributed by atoms with Crippen molar-refractivity contribution < 1.29 is 0 Å². The molecule has 0 N–H and O–H groups in total. The molecule has 0 aromatic carbocycles. The predicted molar refractivity (Wildman–Crippen MR) is 86.7 cm³/mol. The van der Waals surface area contributed by atoms with E-state index in [4.69, 9.17) is 11.6 Å². The molecule has 2 aromatic heterocycles. The molecule has 0 amide bonds. The van der Waals surface area contributed by atoms with Crippen LogP contribution in [-0.2, 0) is 6.42 Å². The van der Waals surface area contributed by atoms with Gasteiger partial charge in [-0.2, -0.15) is 9.61 Å². The molecular formula is C16H25ClN4. The fraction of sp³-hybridized carbons (Fsp3) is 0.688. The van der Waals surface area contributed by atoms with Gasteiger partial charge in [-0.25, -0.2) is 0 Å². The van der Waals surface area contributed by atoms with Crippen LogP contribution in [0.5, 0.6) is 0 Å². The third-order valence-corrected chi connectivity index (χ3v) is 4.00. The number of unbranched alkanes of at least 4 members (excludes halogenated alkanes) is 8. The van der Waals surface area contributed by atoms with Crippen LogP contribution >= 0.6 is 11.6 Å². The third kappa shape index (κ3) is 5.27.